The van der Waals surface area contributed by atoms with E-state index in [0.29, 0.717) is 0 Å². The summed E-state index contributed by atoms with van der Waals surface area (Å²) in [7, 11) is -4.22. The molecule has 0 spiro atoms. The van der Waals surface area contributed by atoms with Crippen LogP contribution in [0.15, 0.2) is 41.6 Å². The van der Waals surface area contributed by atoms with Gasteiger partial charge in [0.1, 0.15) is 10.7 Å². The monoisotopic (exact) mass is 300 g/mol. The highest BCUT2D eigenvalue weighted by molar-refractivity contribution is 7.92. The van der Waals surface area contributed by atoms with Crippen LogP contribution in [0.2, 0.25) is 0 Å². The van der Waals surface area contributed by atoms with Crippen LogP contribution >= 0.6 is 0 Å². The first-order valence-electron chi connectivity index (χ1n) is 5.46. The summed E-state index contributed by atoms with van der Waals surface area (Å²) >= 11 is 0. The smallest absolute Gasteiger partial charge is 0.264 e. The zero-order chi connectivity index (χ0) is 14.8. The number of aliphatic hydroxyl groups excluding tert-OH is 1. The quantitative estimate of drug-likeness (QED) is 0.900. The van der Waals surface area contributed by atoms with E-state index in [0.717, 1.165) is 12.1 Å². The van der Waals surface area contributed by atoms with Crippen LogP contribution in [0.4, 0.5) is 14.5 Å². The average molecular weight is 300 g/mol. The Hall–Kier alpha value is -2.06. The molecule has 2 aromatic rings. The molecule has 5 nitrogen and oxygen atoms in total. The molecule has 0 radical (unpaired) electrons. The fourth-order valence-corrected chi connectivity index (χ4v) is 2.72. The molecule has 0 aliphatic rings. The Morgan fingerprint density at radius 3 is 2.40 bits per heavy atom. The molecule has 0 bridgehead atoms. The number of aromatic nitrogens is 1. The van der Waals surface area contributed by atoms with Gasteiger partial charge in [-0.25, -0.2) is 17.2 Å². The Bertz CT molecular complexity index is 721. The molecule has 1 aromatic heterocycles. The summed E-state index contributed by atoms with van der Waals surface area (Å²) < 4.78 is 53.3. The largest absolute Gasteiger partial charge is 0.391 e. The highest BCUT2D eigenvalue weighted by Gasteiger charge is 2.23. The molecule has 0 atom stereocenters. The molecule has 0 saturated heterocycles. The van der Waals surface area contributed by atoms with Gasteiger partial charge in [-0.2, -0.15) is 0 Å². The molecule has 0 aliphatic carbocycles. The number of pyridine rings is 1. The van der Waals surface area contributed by atoms with Gasteiger partial charge in [0.05, 0.1) is 17.9 Å². The Morgan fingerprint density at radius 1 is 1.15 bits per heavy atom. The molecule has 0 saturated carbocycles. The predicted molar refractivity (Wildman–Crippen MR) is 67.3 cm³/mol. The van der Waals surface area contributed by atoms with E-state index in [-0.39, 0.29) is 5.69 Å². The molecular weight excluding hydrogens is 290 g/mol. The van der Waals surface area contributed by atoms with Crippen LogP contribution in [0.3, 0.4) is 0 Å². The molecule has 0 amide bonds. The number of hydrogen-bond acceptors (Lipinski definition) is 4. The summed E-state index contributed by atoms with van der Waals surface area (Å²) in [6, 6.07) is 4.35. The summed E-state index contributed by atoms with van der Waals surface area (Å²) in [6.07, 6.45) is 2.72. The topological polar surface area (TPSA) is 79.3 Å². The van der Waals surface area contributed by atoms with Gasteiger partial charge in [0.25, 0.3) is 10.0 Å². The zero-order valence-electron chi connectivity index (χ0n) is 10.0. The second-order valence-electron chi connectivity index (χ2n) is 3.84. The van der Waals surface area contributed by atoms with Crippen LogP contribution in [0.5, 0.6) is 0 Å². The van der Waals surface area contributed by atoms with E-state index in [1.165, 1.54) is 24.5 Å². The van der Waals surface area contributed by atoms with Crippen molar-refractivity contribution in [3.05, 3.63) is 53.9 Å². The van der Waals surface area contributed by atoms with Gasteiger partial charge >= 0.3 is 0 Å². The van der Waals surface area contributed by atoms with E-state index in [4.69, 9.17) is 5.11 Å². The Kier molecular flexibility index (Phi) is 3.96. The summed E-state index contributed by atoms with van der Waals surface area (Å²) in [5, 5.41) is 8.88. The number of benzene rings is 1. The maximum atomic E-state index is 13.9. The SMILES string of the molecule is O=S(=O)(Nc1ccncc1)c1ccc(F)c(CO)c1F. The molecule has 106 valence electrons. The lowest BCUT2D eigenvalue weighted by atomic mass is 10.2. The van der Waals surface area contributed by atoms with Crippen molar-refractivity contribution in [1.82, 2.24) is 4.98 Å². The number of aliphatic hydroxyl groups is 1. The highest BCUT2D eigenvalue weighted by atomic mass is 32.2. The first-order chi connectivity index (χ1) is 9.45. The Labute approximate surface area is 114 Å². The van der Waals surface area contributed by atoms with Gasteiger partial charge in [-0.1, -0.05) is 0 Å². The van der Waals surface area contributed by atoms with E-state index in [2.05, 4.69) is 9.71 Å². The van der Waals surface area contributed by atoms with Crippen LogP contribution in [-0.2, 0) is 16.6 Å². The van der Waals surface area contributed by atoms with E-state index >= 15 is 0 Å². The van der Waals surface area contributed by atoms with Gasteiger partial charge in [-0.15, -0.1) is 0 Å². The van der Waals surface area contributed by atoms with Crippen LogP contribution in [0.25, 0.3) is 0 Å². The minimum absolute atomic E-state index is 0.189. The standard InChI is InChI=1S/C12H10F2N2O3S/c13-10-1-2-11(12(14)9(10)7-17)20(18,19)16-8-3-5-15-6-4-8/h1-6,17H,7H2,(H,15,16). The van der Waals surface area contributed by atoms with Gasteiger partial charge in [-0.3, -0.25) is 9.71 Å². The highest BCUT2D eigenvalue weighted by Crippen LogP contribution is 2.23. The first-order valence-corrected chi connectivity index (χ1v) is 6.94. The van der Waals surface area contributed by atoms with Gasteiger partial charge < -0.3 is 5.11 Å². The Morgan fingerprint density at radius 2 is 1.80 bits per heavy atom. The Balaban J connectivity index is 2.45. The fraction of sp³-hybridized carbons (Fsp3) is 0.0833. The third-order valence-corrected chi connectivity index (χ3v) is 3.93. The van der Waals surface area contributed by atoms with Gasteiger partial charge in [-0.05, 0) is 24.3 Å². The molecule has 8 heteroatoms. The zero-order valence-corrected chi connectivity index (χ0v) is 10.9. The lowest BCUT2D eigenvalue weighted by molar-refractivity contribution is 0.267. The lowest BCUT2D eigenvalue weighted by Gasteiger charge is -2.10. The van der Waals surface area contributed by atoms with Crippen molar-refractivity contribution in [3.8, 4) is 0 Å². The summed E-state index contributed by atoms with van der Waals surface area (Å²) in [6.45, 7) is -0.934. The van der Waals surface area contributed by atoms with E-state index in [1.54, 1.807) is 0 Å². The molecule has 1 heterocycles. The second-order valence-corrected chi connectivity index (χ2v) is 5.49. The van der Waals surface area contributed by atoms with Crippen molar-refractivity contribution in [2.45, 2.75) is 11.5 Å². The molecule has 0 unspecified atom stereocenters. The minimum atomic E-state index is -4.22. The molecule has 0 fully saturated rings. The number of rotatable bonds is 4. The maximum absolute atomic E-state index is 13.9. The average Bonchev–Trinajstić information content (AvgIpc) is 2.39. The lowest BCUT2D eigenvalue weighted by Crippen LogP contribution is -2.16. The van der Waals surface area contributed by atoms with Gasteiger partial charge in [0.15, 0.2) is 5.82 Å². The third kappa shape index (κ3) is 2.75. The summed E-state index contributed by atoms with van der Waals surface area (Å²) in [5.41, 5.74) is -0.503. The predicted octanol–water partition coefficient (Wildman–Crippen LogP) is 1.65. The number of halogens is 2. The van der Waals surface area contributed by atoms with Crippen LogP contribution in [-0.4, -0.2) is 18.5 Å². The molecule has 2 N–H and O–H groups in total. The second kappa shape index (κ2) is 5.51. The first kappa shape index (κ1) is 14.4. The van der Waals surface area contributed by atoms with Crippen molar-refractivity contribution in [2.75, 3.05) is 4.72 Å². The fourth-order valence-electron chi connectivity index (χ4n) is 1.56. The number of hydrogen-bond donors (Lipinski definition) is 2. The van der Waals surface area contributed by atoms with E-state index in [9.17, 15) is 17.2 Å². The molecule has 2 rings (SSSR count). The van der Waals surface area contributed by atoms with Crippen LogP contribution in [0, 0.1) is 11.6 Å². The third-order valence-electron chi connectivity index (χ3n) is 2.53. The van der Waals surface area contributed by atoms with E-state index in [1.807, 2.05) is 0 Å². The number of sulfonamides is 1. The van der Waals surface area contributed by atoms with Crippen molar-refractivity contribution >= 4 is 15.7 Å². The minimum Gasteiger partial charge on any atom is -0.391 e. The summed E-state index contributed by atoms with van der Waals surface area (Å²) in [5.74, 6) is -2.32. The van der Waals surface area contributed by atoms with Crippen molar-refractivity contribution < 1.29 is 22.3 Å². The van der Waals surface area contributed by atoms with Gasteiger partial charge in [0, 0.05) is 12.4 Å². The van der Waals surface area contributed by atoms with Crippen molar-refractivity contribution in [3.63, 3.8) is 0 Å². The molecule has 0 aliphatic heterocycles. The molecule has 20 heavy (non-hydrogen) atoms. The van der Waals surface area contributed by atoms with Crippen molar-refractivity contribution in [1.29, 1.82) is 0 Å². The normalized spacial score (nSPS) is 11.3. The maximum Gasteiger partial charge on any atom is 0.264 e. The molecular formula is C12H10F2N2O3S. The van der Waals surface area contributed by atoms with Crippen LogP contribution < -0.4 is 4.72 Å². The molecule has 1 aromatic carbocycles. The number of nitrogens with one attached hydrogen (secondary N) is 1. The van der Waals surface area contributed by atoms with Gasteiger partial charge in [0.2, 0.25) is 0 Å². The van der Waals surface area contributed by atoms with E-state index < -0.39 is 38.7 Å². The number of nitrogens with zero attached hydrogens (tertiary/aromatic N) is 1. The summed E-state index contributed by atoms with van der Waals surface area (Å²) in [4.78, 5) is 2.98. The number of anilines is 1. The van der Waals surface area contributed by atoms with Crippen molar-refractivity contribution in [2.24, 2.45) is 0 Å². The van der Waals surface area contributed by atoms with Crippen LogP contribution in [0.1, 0.15) is 5.56 Å².